The number of hydrogen-bond donors (Lipinski definition) is 0. The Labute approximate surface area is 100 Å². The van der Waals surface area contributed by atoms with Crippen LogP contribution in [0.15, 0.2) is 12.3 Å². The van der Waals surface area contributed by atoms with E-state index in [4.69, 9.17) is 11.6 Å². The largest absolute Gasteiger partial charge is 0.330 e. The molecule has 0 saturated carbocycles. The summed E-state index contributed by atoms with van der Waals surface area (Å²) in [6.07, 6.45) is 5.45. The number of aryl methyl sites for hydroxylation is 2. The third-order valence-corrected chi connectivity index (χ3v) is 2.98. The van der Waals surface area contributed by atoms with Crippen LogP contribution in [-0.4, -0.2) is 14.5 Å². The molecule has 0 fully saturated rings. The lowest BCUT2D eigenvalue weighted by atomic mass is 10.2. The molecule has 2 heterocycles. The minimum atomic E-state index is 0.322. The summed E-state index contributed by atoms with van der Waals surface area (Å²) >= 11 is 5.83. The molecule has 0 amide bonds. The summed E-state index contributed by atoms with van der Waals surface area (Å²) in [6, 6.07) is 2.11. The van der Waals surface area contributed by atoms with Crippen molar-refractivity contribution in [3.05, 3.63) is 23.2 Å². The van der Waals surface area contributed by atoms with Crippen molar-refractivity contribution < 1.29 is 0 Å². The second-order valence-electron chi connectivity index (χ2n) is 4.06. The lowest BCUT2D eigenvalue weighted by Crippen LogP contribution is -2.01. The van der Waals surface area contributed by atoms with Crippen molar-refractivity contribution >= 4 is 22.6 Å². The topological polar surface area (TPSA) is 30.7 Å². The van der Waals surface area contributed by atoms with E-state index in [1.165, 1.54) is 25.0 Å². The van der Waals surface area contributed by atoms with Crippen molar-refractivity contribution in [2.75, 3.05) is 0 Å². The van der Waals surface area contributed by atoms with Crippen molar-refractivity contribution in [3.63, 3.8) is 0 Å². The Morgan fingerprint density at radius 1 is 1.38 bits per heavy atom. The Hall–Kier alpha value is -1.09. The molecule has 2 aromatic heterocycles. The lowest BCUT2D eigenvalue weighted by molar-refractivity contribution is 0.604. The van der Waals surface area contributed by atoms with Gasteiger partial charge in [-0.05, 0) is 31.0 Å². The minimum absolute atomic E-state index is 0.322. The van der Waals surface area contributed by atoms with Gasteiger partial charge in [0.1, 0.15) is 5.65 Å². The van der Waals surface area contributed by atoms with Crippen LogP contribution in [0.4, 0.5) is 0 Å². The maximum Gasteiger partial charge on any atom is 0.224 e. The summed E-state index contributed by atoms with van der Waals surface area (Å²) in [5, 5.41) is 1.39. The maximum absolute atomic E-state index is 5.83. The fourth-order valence-corrected chi connectivity index (χ4v) is 2.08. The molecule has 0 spiro atoms. The second-order valence-corrected chi connectivity index (χ2v) is 4.40. The van der Waals surface area contributed by atoms with E-state index in [9.17, 15) is 0 Å². The van der Waals surface area contributed by atoms with Gasteiger partial charge in [0, 0.05) is 23.8 Å². The predicted octanol–water partition coefficient (Wildman–Crippen LogP) is 3.58. The first kappa shape index (κ1) is 11.4. The summed E-state index contributed by atoms with van der Waals surface area (Å²) in [5.74, 6) is 0. The Morgan fingerprint density at radius 2 is 2.19 bits per heavy atom. The van der Waals surface area contributed by atoms with E-state index >= 15 is 0 Å². The molecule has 0 unspecified atom stereocenters. The zero-order valence-corrected chi connectivity index (χ0v) is 10.5. The van der Waals surface area contributed by atoms with Crippen molar-refractivity contribution in [1.82, 2.24) is 14.5 Å². The SMILES string of the molecule is CCCCCn1c(C)cc2cnc(Cl)nc21. The quantitative estimate of drug-likeness (QED) is 0.601. The predicted molar refractivity (Wildman–Crippen MR) is 66.8 cm³/mol. The normalized spacial score (nSPS) is 11.2. The van der Waals surface area contributed by atoms with Crippen LogP contribution in [0.25, 0.3) is 11.0 Å². The van der Waals surface area contributed by atoms with E-state index in [1.54, 1.807) is 6.20 Å². The fourth-order valence-electron chi connectivity index (χ4n) is 1.95. The molecule has 16 heavy (non-hydrogen) atoms. The smallest absolute Gasteiger partial charge is 0.224 e. The Morgan fingerprint density at radius 3 is 2.94 bits per heavy atom. The van der Waals surface area contributed by atoms with E-state index in [2.05, 4.69) is 34.4 Å². The molecule has 0 aromatic carbocycles. The summed E-state index contributed by atoms with van der Waals surface area (Å²) < 4.78 is 2.22. The molecular formula is C12H16ClN3. The molecule has 4 heteroatoms. The third kappa shape index (κ3) is 2.19. The second kappa shape index (κ2) is 4.83. The zero-order valence-electron chi connectivity index (χ0n) is 9.70. The maximum atomic E-state index is 5.83. The Bertz CT molecular complexity index is 490. The van der Waals surface area contributed by atoms with Gasteiger partial charge in [-0.1, -0.05) is 19.8 Å². The highest BCUT2D eigenvalue weighted by atomic mass is 35.5. The molecule has 0 saturated heterocycles. The van der Waals surface area contributed by atoms with E-state index in [-0.39, 0.29) is 0 Å². The molecule has 3 nitrogen and oxygen atoms in total. The molecule has 0 aliphatic carbocycles. The molecule has 0 aliphatic rings. The Balaban J connectivity index is 2.34. The molecule has 0 N–H and O–H groups in total. The summed E-state index contributed by atoms with van der Waals surface area (Å²) in [7, 11) is 0. The van der Waals surface area contributed by atoms with Crippen LogP contribution in [0.5, 0.6) is 0 Å². The van der Waals surface area contributed by atoms with Gasteiger partial charge in [0.15, 0.2) is 0 Å². The molecule has 0 bridgehead atoms. The fraction of sp³-hybridized carbons (Fsp3) is 0.500. The van der Waals surface area contributed by atoms with Gasteiger partial charge in [-0.3, -0.25) is 0 Å². The monoisotopic (exact) mass is 237 g/mol. The van der Waals surface area contributed by atoms with Crippen LogP contribution < -0.4 is 0 Å². The van der Waals surface area contributed by atoms with Gasteiger partial charge in [-0.2, -0.15) is 4.98 Å². The van der Waals surface area contributed by atoms with E-state index in [1.807, 2.05) is 0 Å². The summed E-state index contributed by atoms with van der Waals surface area (Å²) in [5.41, 5.74) is 2.18. The molecule has 2 aromatic rings. The summed E-state index contributed by atoms with van der Waals surface area (Å²) in [4.78, 5) is 8.29. The molecule has 0 radical (unpaired) electrons. The Kier molecular flexibility index (Phi) is 3.44. The average molecular weight is 238 g/mol. The van der Waals surface area contributed by atoms with Crippen molar-refractivity contribution in [2.45, 2.75) is 39.7 Å². The summed E-state index contributed by atoms with van der Waals surface area (Å²) in [6.45, 7) is 5.32. The van der Waals surface area contributed by atoms with Crippen molar-refractivity contribution in [2.24, 2.45) is 0 Å². The first-order valence-corrected chi connectivity index (χ1v) is 6.08. The minimum Gasteiger partial charge on any atom is -0.330 e. The molecule has 0 aliphatic heterocycles. The highest BCUT2D eigenvalue weighted by Gasteiger charge is 2.07. The third-order valence-electron chi connectivity index (χ3n) is 2.80. The van der Waals surface area contributed by atoms with Crippen LogP contribution in [0.3, 0.4) is 0 Å². The first-order valence-electron chi connectivity index (χ1n) is 5.70. The average Bonchev–Trinajstić information content (AvgIpc) is 2.56. The van der Waals surface area contributed by atoms with Gasteiger partial charge in [0.05, 0.1) is 0 Å². The van der Waals surface area contributed by atoms with Crippen LogP contribution in [0.1, 0.15) is 31.9 Å². The molecule has 86 valence electrons. The van der Waals surface area contributed by atoms with Gasteiger partial charge in [0.2, 0.25) is 5.28 Å². The number of fused-ring (bicyclic) bond motifs is 1. The van der Waals surface area contributed by atoms with Gasteiger partial charge in [-0.15, -0.1) is 0 Å². The van der Waals surface area contributed by atoms with Gasteiger partial charge in [-0.25, -0.2) is 4.98 Å². The molecule has 2 rings (SSSR count). The van der Waals surface area contributed by atoms with Gasteiger partial charge >= 0.3 is 0 Å². The molecular weight excluding hydrogens is 222 g/mol. The highest BCUT2D eigenvalue weighted by molar-refractivity contribution is 6.28. The van der Waals surface area contributed by atoms with Crippen molar-refractivity contribution in [1.29, 1.82) is 0 Å². The van der Waals surface area contributed by atoms with E-state index < -0.39 is 0 Å². The van der Waals surface area contributed by atoms with Crippen LogP contribution in [0, 0.1) is 6.92 Å². The van der Waals surface area contributed by atoms with Crippen LogP contribution in [-0.2, 0) is 6.54 Å². The highest BCUT2D eigenvalue weighted by Crippen LogP contribution is 2.19. The van der Waals surface area contributed by atoms with Crippen LogP contribution in [0.2, 0.25) is 5.28 Å². The number of halogens is 1. The number of hydrogen-bond acceptors (Lipinski definition) is 2. The van der Waals surface area contributed by atoms with Crippen molar-refractivity contribution in [3.8, 4) is 0 Å². The number of unbranched alkanes of at least 4 members (excludes halogenated alkanes) is 2. The van der Waals surface area contributed by atoms with Gasteiger partial charge in [0.25, 0.3) is 0 Å². The van der Waals surface area contributed by atoms with Gasteiger partial charge < -0.3 is 4.57 Å². The number of aromatic nitrogens is 3. The lowest BCUT2D eigenvalue weighted by Gasteiger charge is -2.06. The van der Waals surface area contributed by atoms with E-state index in [0.717, 1.165) is 17.6 Å². The number of rotatable bonds is 4. The standard InChI is InChI=1S/C12H16ClN3/c1-3-4-5-6-16-9(2)7-10-8-14-12(13)15-11(10)16/h7-8H,3-6H2,1-2H3. The zero-order chi connectivity index (χ0) is 11.5. The first-order chi connectivity index (χ1) is 7.72. The van der Waals surface area contributed by atoms with E-state index in [0.29, 0.717) is 5.28 Å². The van der Waals surface area contributed by atoms with Crippen LogP contribution >= 0.6 is 11.6 Å². The number of nitrogens with zero attached hydrogens (tertiary/aromatic N) is 3. The molecule has 0 atom stereocenters.